The number of aliphatic imine (C=N–C) groups is 1. The van der Waals surface area contributed by atoms with Crippen LogP contribution in [0.5, 0.6) is 0 Å². The molecule has 1 aliphatic rings. The second-order valence-corrected chi connectivity index (χ2v) is 6.53. The Labute approximate surface area is 166 Å². The topological polar surface area (TPSA) is 97.6 Å². The third-order valence-corrected chi connectivity index (χ3v) is 4.77. The number of carbonyl (C=O) groups is 1. The van der Waals surface area contributed by atoms with Crippen LogP contribution in [0, 0.1) is 5.82 Å². The van der Waals surface area contributed by atoms with Gasteiger partial charge in [0.25, 0.3) is 5.91 Å². The molecule has 0 radical (unpaired) electrons. The molecular formula is C19H13F4N5O2. The molecule has 0 spiro atoms. The minimum Gasteiger partial charge on any atom is -0.444 e. The van der Waals surface area contributed by atoms with Crippen LogP contribution < -0.4 is 5.73 Å². The lowest BCUT2D eigenvalue weighted by Crippen LogP contribution is -2.42. The Balaban J connectivity index is 2.01. The number of oxazole rings is 1. The fourth-order valence-electron chi connectivity index (χ4n) is 3.24. The van der Waals surface area contributed by atoms with Gasteiger partial charge >= 0.3 is 6.18 Å². The lowest BCUT2D eigenvalue weighted by atomic mass is 9.84. The summed E-state index contributed by atoms with van der Waals surface area (Å²) in [5, 5.41) is 0. The van der Waals surface area contributed by atoms with Gasteiger partial charge in [0.15, 0.2) is 18.1 Å². The predicted molar refractivity (Wildman–Crippen MR) is 96.3 cm³/mol. The summed E-state index contributed by atoms with van der Waals surface area (Å²) in [4.78, 5) is 25.9. The van der Waals surface area contributed by atoms with Crippen molar-refractivity contribution in [2.45, 2.75) is 11.7 Å². The van der Waals surface area contributed by atoms with Crippen LogP contribution in [-0.2, 0) is 16.5 Å². The molecule has 0 saturated carbocycles. The smallest absolute Gasteiger partial charge is 0.416 e. The zero-order valence-electron chi connectivity index (χ0n) is 15.3. The average Bonchev–Trinajstić information content (AvgIpc) is 3.32. The van der Waals surface area contributed by atoms with Crippen LogP contribution in [0.3, 0.4) is 0 Å². The van der Waals surface area contributed by atoms with Gasteiger partial charge in [-0.25, -0.2) is 14.4 Å². The molecule has 1 aliphatic heterocycles. The molecule has 11 heteroatoms. The van der Waals surface area contributed by atoms with Gasteiger partial charge < -0.3 is 10.2 Å². The summed E-state index contributed by atoms with van der Waals surface area (Å²) in [6.07, 6.45) is -1.29. The van der Waals surface area contributed by atoms with Crippen molar-refractivity contribution in [2.24, 2.45) is 10.7 Å². The fourth-order valence-corrected chi connectivity index (χ4v) is 3.24. The number of amides is 1. The first-order chi connectivity index (χ1) is 14.1. The monoisotopic (exact) mass is 419 g/mol. The number of nitrogens with two attached hydrogens (primary N) is 1. The van der Waals surface area contributed by atoms with E-state index in [4.69, 9.17) is 10.2 Å². The van der Waals surface area contributed by atoms with Crippen molar-refractivity contribution >= 4 is 11.9 Å². The van der Waals surface area contributed by atoms with Crippen LogP contribution in [0.2, 0.25) is 0 Å². The van der Waals surface area contributed by atoms with Crippen molar-refractivity contribution in [3.8, 4) is 11.3 Å². The van der Waals surface area contributed by atoms with Crippen LogP contribution >= 0.6 is 0 Å². The molecule has 7 nitrogen and oxygen atoms in total. The Kier molecular flexibility index (Phi) is 4.33. The number of alkyl halides is 3. The highest BCUT2D eigenvalue weighted by Crippen LogP contribution is 2.42. The van der Waals surface area contributed by atoms with Gasteiger partial charge in [-0.15, -0.1) is 0 Å². The molecule has 0 fully saturated rings. The molecule has 1 aromatic carbocycles. The normalized spacial score (nSPS) is 19.3. The van der Waals surface area contributed by atoms with E-state index >= 15 is 0 Å². The number of halogens is 4. The summed E-state index contributed by atoms with van der Waals surface area (Å²) in [5.41, 5.74) is 2.09. The molecule has 1 unspecified atom stereocenters. The Morgan fingerprint density at radius 1 is 1.20 bits per heavy atom. The highest BCUT2D eigenvalue weighted by Gasteiger charge is 2.53. The minimum atomic E-state index is -4.71. The van der Waals surface area contributed by atoms with Crippen molar-refractivity contribution in [1.82, 2.24) is 14.9 Å². The van der Waals surface area contributed by atoms with E-state index in [1.54, 1.807) is 0 Å². The standard InChI is InChI=1S/C19H13F4N5O2/c1-28-16(29)18(27-17(28)24,15-7-11(4-5-26-15)19(21,22)23)12-6-10(2-3-13(12)20)14-8-25-9-30-14/h2-9H,1H3,(H2,24,27). The second-order valence-electron chi connectivity index (χ2n) is 6.53. The Bertz CT molecular complexity index is 1160. The molecule has 2 aromatic heterocycles. The first-order valence-corrected chi connectivity index (χ1v) is 8.50. The SMILES string of the molecule is CN1C(=O)C(c2cc(C(F)(F)F)ccn2)(c2cc(-c3cnco3)ccc2F)N=C1N. The maximum absolute atomic E-state index is 15.0. The van der Waals surface area contributed by atoms with Crippen molar-refractivity contribution in [1.29, 1.82) is 0 Å². The van der Waals surface area contributed by atoms with Gasteiger partial charge in [0.05, 0.1) is 17.5 Å². The summed E-state index contributed by atoms with van der Waals surface area (Å²) >= 11 is 0. The molecule has 0 bridgehead atoms. The molecule has 154 valence electrons. The van der Waals surface area contributed by atoms with Gasteiger partial charge in [0, 0.05) is 24.4 Å². The molecule has 1 amide bonds. The van der Waals surface area contributed by atoms with Crippen LogP contribution in [0.4, 0.5) is 17.6 Å². The first-order valence-electron chi connectivity index (χ1n) is 8.50. The highest BCUT2D eigenvalue weighted by atomic mass is 19.4. The molecule has 30 heavy (non-hydrogen) atoms. The molecule has 1 atom stereocenters. The quantitative estimate of drug-likeness (QED) is 0.659. The number of hydrogen-bond donors (Lipinski definition) is 1. The van der Waals surface area contributed by atoms with E-state index in [1.807, 2.05) is 0 Å². The lowest BCUT2D eigenvalue weighted by molar-refractivity contribution is -0.138. The number of benzene rings is 1. The van der Waals surface area contributed by atoms with Gasteiger partial charge in [0.1, 0.15) is 5.82 Å². The van der Waals surface area contributed by atoms with E-state index in [9.17, 15) is 22.4 Å². The van der Waals surface area contributed by atoms with Crippen molar-refractivity contribution in [3.05, 3.63) is 71.8 Å². The van der Waals surface area contributed by atoms with Gasteiger partial charge in [-0.2, -0.15) is 13.2 Å². The Morgan fingerprint density at radius 2 is 1.97 bits per heavy atom. The van der Waals surface area contributed by atoms with Crippen molar-refractivity contribution in [2.75, 3.05) is 7.05 Å². The first kappa shape index (κ1) is 19.6. The highest BCUT2D eigenvalue weighted by molar-refractivity contribution is 6.08. The van der Waals surface area contributed by atoms with Crippen molar-refractivity contribution < 1.29 is 26.8 Å². The molecule has 3 aromatic rings. The summed E-state index contributed by atoms with van der Waals surface area (Å²) in [6.45, 7) is 0. The number of hydrogen-bond acceptors (Lipinski definition) is 6. The van der Waals surface area contributed by atoms with Crippen LogP contribution in [0.25, 0.3) is 11.3 Å². The Morgan fingerprint density at radius 3 is 2.57 bits per heavy atom. The molecule has 2 N–H and O–H groups in total. The fraction of sp³-hybridized carbons (Fsp3) is 0.158. The number of nitrogens with zero attached hydrogens (tertiary/aromatic N) is 4. The predicted octanol–water partition coefficient (Wildman–Crippen LogP) is 2.92. The maximum atomic E-state index is 15.0. The van der Waals surface area contributed by atoms with E-state index in [1.165, 1.54) is 25.4 Å². The second kappa shape index (κ2) is 6.65. The van der Waals surface area contributed by atoms with E-state index in [0.717, 1.165) is 29.6 Å². The van der Waals surface area contributed by atoms with E-state index in [-0.39, 0.29) is 17.3 Å². The summed E-state index contributed by atoms with van der Waals surface area (Å²) in [5.74, 6) is -1.75. The number of guanidine groups is 1. The zero-order valence-corrected chi connectivity index (χ0v) is 15.3. The number of likely N-dealkylation sites (N-methyl/N-ethyl adjacent to an activating group) is 1. The lowest BCUT2D eigenvalue weighted by Gasteiger charge is -2.26. The minimum absolute atomic E-state index is 0.263. The third-order valence-electron chi connectivity index (χ3n) is 4.77. The van der Waals surface area contributed by atoms with Gasteiger partial charge in [-0.3, -0.25) is 14.7 Å². The summed E-state index contributed by atoms with van der Waals surface area (Å²) in [6, 6.07) is 5.09. The van der Waals surface area contributed by atoms with Gasteiger partial charge in [-0.1, -0.05) is 0 Å². The van der Waals surface area contributed by atoms with E-state index < -0.39 is 34.7 Å². The van der Waals surface area contributed by atoms with E-state index in [2.05, 4.69) is 15.0 Å². The molecule has 3 heterocycles. The largest absolute Gasteiger partial charge is 0.444 e. The van der Waals surface area contributed by atoms with Crippen LogP contribution in [0.1, 0.15) is 16.8 Å². The van der Waals surface area contributed by atoms with Crippen LogP contribution in [0.15, 0.2) is 58.5 Å². The van der Waals surface area contributed by atoms with Crippen molar-refractivity contribution in [3.63, 3.8) is 0 Å². The number of pyridine rings is 1. The van der Waals surface area contributed by atoms with Gasteiger partial charge in [0.2, 0.25) is 5.54 Å². The average molecular weight is 419 g/mol. The van der Waals surface area contributed by atoms with Crippen LogP contribution in [-0.4, -0.2) is 33.8 Å². The molecular weight excluding hydrogens is 406 g/mol. The maximum Gasteiger partial charge on any atom is 0.416 e. The number of carbonyl (C=O) groups excluding carboxylic acids is 1. The van der Waals surface area contributed by atoms with E-state index in [0.29, 0.717) is 11.6 Å². The summed E-state index contributed by atoms with van der Waals surface area (Å²) < 4.78 is 60.0. The molecule has 0 saturated heterocycles. The third kappa shape index (κ3) is 2.90. The Hall–Kier alpha value is -3.76. The van der Waals surface area contributed by atoms with Gasteiger partial charge in [-0.05, 0) is 30.3 Å². The number of rotatable bonds is 3. The zero-order chi connectivity index (χ0) is 21.7. The molecule has 0 aliphatic carbocycles. The molecule has 4 rings (SSSR count). The summed E-state index contributed by atoms with van der Waals surface area (Å²) in [7, 11) is 1.29. The number of aromatic nitrogens is 2.